The van der Waals surface area contributed by atoms with Crippen molar-refractivity contribution < 1.29 is 28.9 Å². The van der Waals surface area contributed by atoms with Crippen LogP contribution in [0.1, 0.15) is 26.7 Å². The normalized spacial score (nSPS) is 12.8. The Bertz CT molecular complexity index is 1190. The molecular formula is C25H30ClFN4O5. The molecule has 0 saturated carbocycles. The summed E-state index contributed by atoms with van der Waals surface area (Å²) in [6, 6.07) is 7.55. The van der Waals surface area contributed by atoms with E-state index in [1.54, 1.807) is 17.0 Å². The molecule has 3 N–H and O–H groups in total. The molecule has 3 rings (SSSR count). The zero-order valence-electron chi connectivity index (χ0n) is 20.4. The molecule has 3 aromatic rings. The van der Waals surface area contributed by atoms with Crippen molar-refractivity contribution in [1.29, 1.82) is 0 Å². The van der Waals surface area contributed by atoms with Crippen molar-refractivity contribution >= 4 is 39.9 Å². The number of benzene rings is 2. The average Bonchev–Trinajstić information content (AvgIpc) is 2.85. The number of aliphatic hydroxyl groups excluding tert-OH is 2. The molecule has 0 bridgehead atoms. The van der Waals surface area contributed by atoms with Crippen molar-refractivity contribution in [2.24, 2.45) is 0 Å². The van der Waals surface area contributed by atoms with E-state index in [-0.39, 0.29) is 30.4 Å². The number of halogens is 2. The topological polar surface area (TPSA) is 117 Å². The second kappa shape index (κ2) is 12.7. The van der Waals surface area contributed by atoms with E-state index in [0.717, 1.165) is 0 Å². The van der Waals surface area contributed by atoms with Crippen LogP contribution in [0.2, 0.25) is 5.02 Å². The van der Waals surface area contributed by atoms with Crippen LogP contribution in [0.25, 0.3) is 10.9 Å². The van der Waals surface area contributed by atoms with Gasteiger partial charge in [-0.25, -0.2) is 14.4 Å². The van der Waals surface area contributed by atoms with E-state index in [0.29, 0.717) is 47.0 Å². The van der Waals surface area contributed by atoms with Gasteiger partial charge in [0.15, 0.2) is 11.5 Å². The Morgan fingerprint density at radius 2 is 1.89 bits per heavy atom. The Kier molecular flexibility index (Phi) is 9.63. The minimum atomic E-state index is -1.02. The summed E-state index contributed by atoms with van der Waals surface area (Å²) in [6.45, 7) is 4.72. The Balaban J connectivity index is 1.73. The fraction of sp³-hybridized carbons (Fsp3) is 0.400. The lowest BCUT2D eigenvalue weighted by Gasteiger charge is -2.22. The number of nitrogens with zero attached hydrogens (tertiary/aromatic N) is 3. The largest absolute Gasteiger partial charge is 0.493 e. The first-order chi connectivity index (χ1) is 17.2. The van der Waals surface area contributed by atoms with Gasteiger partial charge >= 0.3 is 0 Å². The van der Waals surface area contributed by atoms with Crippen molar-refractivity contribution in [2.45, 2.75) is 38.9 Å². The number of aliphatic hydroxyl groups is 2. The van der Waals surface area contributed by atoms with Gasteiger partial charge in [0, 0.05) is 36.7 Å². The van der Waals surface area contributed by atoms with Crippen LogP contribution in [0, 0.1) is 5.82 Å². The van der Waals surface area contributed by atoms with E-state index < -0.39 is 18.0 Å². The summed E-state index contributed by atoms with van der Waals surface area (Å²) in [5, 5.41) is 24.3. The molecule has 9 nitrogen and oxygen atoms in total. The number of methoxy groups -OCH3 is 1. The third kappa shape index (κ3) is 6.93. The minimum Gasteiger partial charge on any atom is -0.493 e. The summed E-state index contributed by atoms with van der Waals surface area (Å²) in [5.41, 5.74) is 1.10. The highest BCUT2D eigenvalue weighted by molar-refractivity contribution is 6.31. The van der Waals surface area contributed by atoms with Crippen LogP contribution in [0.15, 0.2) is 36.7 Å². The first-order valence-corrected chi connectivity index (χ1v) is 11.9. The third-order valence-corrected chi connectivity index (χ3v) is 5.89. The quantitative estimate of drug-likeness (QED) is 0.329. The van der Waals surface area contributed by atoms with Crippen LogP contribution >= 0.6 is 11.6 Å². The first kappa shape index (κ1) is 27.4. The molecule has 0 aliphatic heterocycles. The SMILES string of the molecule is CCN(CC)C(=O)C[C@H](O)C[C@H](O)COc1cc2c(Nc3ccc(F)c(Cl)c3)ncnc2cc1OC. The lowest BCUT2D eigenvalue weighted by molar-refractivity contribution is -0.133. The van der Waals surface area contributed by atoms with E-state index in [1.807, 2.05) is 13.8 Å². The molecular weight excluding hydrogens is 491 g/mol. The maximum atomic E-state index is 13.5. The van der Waals surface area contributed by atoms with Crippen LogP contribution < -0.4 is 14.8 Å². The van der Waals surface area contributed by atoms with Gasteiger partial charge in [-0.1, -0.05) is 11.6 Å². The van der Waals surface area contributed by atoms with E-state index in [1.165, 1.54) is 31.6 Å². The number of rotatable bonds is 12. The number of hydrogen-bond acceptors (Lipinski definition) is 8. The van der Waals surface area contributed by atoms with Gasteiger partial charge < -0.3 is 29.9 Å². The molecule has 0 spiro atoms. The highest BCUT2D eigenvalue weighted by atomic mass is 35.5. The highest BCUT2D eigenvalue weighted by Gasteiger charge is 2.20. The summed E-state index contributed by atoms with van der Waals surface area (Å²) >= 11 is 5.88. The molecule has 1 aromatic heterocycles. The number of anilines is 2. The molecule has 0 radical (unpaired) electrons. The summed E-state index contributed by atoms with van der Waals surface area (Å²) in [6.07, 6.45) is -0.736. The number of fused-ring (bicyclic) bond motifs is 1. The minimum absolute atomic E-state index is 0.0237. The van der Waals surface area contributed by atoms with Gasteiger partial charge in [0.1, 0.15) is 24.6 Å². The number of aromatic nitrogens is 2. The summed E-state index contributed by atoms with van der Waals surface area (Å²) < 4.78 is 24.7. The molecule has 0 unspecified atom stereocenters. The van der Waals surface area contributed by atoms with Crippen LogP contribution in [0.4, 0.5) is 15.9 Å². The maximum Gasteiger partial charge on any atom is 0.225 e. The lowest BCUT2D eigenvalue weighted by atomic mass is 10.1. The van der Waals surface area contributed by atoms with Gasteiger partial charge in [-0.05, 0) is 38.1 Å². The first-order valence-electron chi connectivity index (χ1n) is 11.6. The average molecular weight is 521 g/mol. The van der Waals surface area contributed by atoms with Crippen molar-refractivity contribution in [1.82, 2.24) is 14.9 Å². The van der Waals surface area contributed by atoms with Crippen LogP contribution in [0.5, 0.6) is 11.5 Å². The van der Waals surface area contributed by atoms with Crippen molar-refractivity contribution in [3.63, 3.8) is 0 Å². The van der Waals surface area contributed by atoms with Gasteiger partial charge in [0.2, 0.25) is 5.91 Å². The Morgan fingerprint density at radius 1 is 1.14 bits per heavy atom. The van der Waals surface area contributed by atoms with Crippen LogP contribution in [-0.4, -0.2) is 70.0 Å². The molecule has 1 amide bonds. The van der Waals surface area contributed by atoms with Gasteiger partial charge in [0.25, 0.3) is 0 Å². The Morgan fingerprint density at radius 3 is 2.56 bits per heavy atom. The molecule has 0 aliphatic carbocycles. The predicted molar refractivity (Wildman–Crippen MR) is 135 cm³/mol. The van der Waals surface area contributed by atoms with Crippen LogP contribution in [-0.2, 0) is 4.79 Å². The maximum absolute atomic E-state index is 13.5. The zero-order chi connectivity index (χ0) is 26.2. The van der Waals surface area contributed by atoms with Crippen molar-refractivity contribution in [3.8, 4) is 11.5 Å². The number of hydrogen-bond donors (Lipinski definition) is 3. The van der Waals surface area contributed by atoms with E-state index in [2.05, 4.69) is 15.3 Å². The smallest absolute Gasteiger partial charge is 0.225 e. The summed E-state index contributed by atoms with van der Waals surface area (Å²) in [5.74, 6) is 0.450. The second-order valence-corrected chi connectivity index (χ2v) is 8.53. The fourth-order valence-corrected chi connectivity index (χ4v) is 3.89. The predicted octanol–water partition coefficient (Wildman–Crippen LogP) is 3.92. The van der Waals surface area contributed by atoms with Crippen molar-refractivity contribution in [3.05, 3.63) is 47.5 Å². The molecule has 0 saturated heterocycles. The fourth-order valence-electron chi connectivity index (χ4n) is 3.70. The van der Waals surface area contributed by atoms with Crippen LogP contribution in [0.3, 0.4) is 0 Å². The number of nitrogens with one attached hydrogen (secondary N) is 1. The number of ether oxygens (including phenoxy) is 2. The molecule has 0 fully saturated rings. The highest BCUT2D eigenvalue weighted by Crippen LogP contribution is 2.35. The van der Waals surface area contributed by atoms with Crippen molar-refractivity contribution in [2.75, 3.05) is 32.1 Å². The summed E-state index contributed by atoms with van der Waals surface area (Å²) in [4.78, 5) is 22.3. The van der Waals surface area contributed by atoms with Gasteiger partial charge in [-0.15, -0.1) is 0 Å². The second-order valence-electron chi connectivity index (χ2n) is 8.12. The molecule has 36 heavy (non-hydrogen) atoms. The summed E-state index contributed by atoms with van der Waals surface area (Å²) in [7, 11) is 1.48. The molecule has 2 aromatic carbocycles. The zero-order valence-corrected chi connectivity index (χ0v) is 21.1. The van der Waals surface area contributed by atoms with Gasteiger partial charge in [-0.3, -0.25) is 4.79 Å². The number of carbonyl (C=O) groups excluding carboxylic acids is 1. The molecule has 0 aliphatic rings. The number of amides is 1. The van der Waals surface area contributed by atoms with Gasteiger partial charge in [-0.2, -0.15) is 0 Å². The molecule has 194 valence electrons. The standard InChI is InChI=1S/C25H30ClFN4O5/c1-4-31(5-2)24(34)10-16(32)9-17(33)13-36-23-11-18-21(12-22(23)35-3)28-14-29-25(18)30-15-6-7-20(27)19(26)8-15/h6-8,11-12,14,16-17,32-33H,4-5,9-10,13H2,1-3H3,(H,28,29,30)/t16-,17+/m1/s1. The molecule has 2 atom stereocenters. The van der Waals surface area contributed by atoms with E-state index >= 15 is 0 Å². The lowest BCUT2D eigenvalue weighted by Crippen LogP contribution is -2.34. The van der Waals surface area contributed by atoms with E-state index in [4.69, 9.17) is 21.1 Å². The molecule has 1 heterocycles. The Labute approximate surface area is 213 Å². The number of carbonyl (C=O) groups is 1. The monoisotopic (exact) mass is 520 g/mol. The van der Waals surface area contributed by atoms with E-state index in [9.17, 15) is 19.4 Å². The van der Waals surface area contributed by atoms with Gasteiger partial charge in [0.05, 0.1) is 36.3 Å². The Hall–Kier alpha value is -3.21. The molecule has 11 heteroatoms. The third-order valence-electron chi connectivity index (χ3n) is 5.60.